The van der Waals surface area contributed by atoms with Crippen LogP contribution in [0.25, 0.3) is 11.3 Å². The fourth-order valence-corrected chi connectivity index (χ4v) is 1.51. The van der Waals surface area contributed by atoms with Gasteiger partial charge in [0.15, 0.2) is 12.7 Å². The second-order valence-corrected chi connectivity index (χ2v) is 3.72. The average molecular weight is 215 g/mol. The Morgan fingerprint density at radius 1 is 1.31 bits per heavy atom. The van der Waals surface area contributed by atoms with Crippen molar-refractivity contribution in [3.8, 4) is 11.3 Å². The monoisotopic (exact) mass is 215 g/mol. The molecule has 0 saturated carbocycles. The Labute approximate surface area is 95.0 Å². The third kappa shape index (κ3) is 2.39. The molecule has 0 aliphatic rings. The van der Waals surface area contributed by atoms with Gasteiger partial charge in [-0.2, -0.15) is 0 Å². The summed E-state index contributed by atoms with van der Waals surface area (Å²) in [5.41, 5.74) is 2.91. The van der Waals surface area contributed by atoms with Gasteiger partial charge in [-0.05, 0) is 18.1 Å². The van der Waals surface area contributed by atoms with E-state index in [1.807, 2.05) is 36.1 Å². The van der Waals surface area contributed by atoms with E-state index in [0.29, 0.717) is 0 Å². The van der Waals surface area contributed by atoms with Crippen LogP contribution in [0.5, 0.6) is 0 Å². The quantitative estimate of drug-likeness (QED) is 0.729. The van der Waals surface area contributed by atoms with Gasteiger partial charge in [0, 0.05) is 23.7 Å². The Hall–Kier alpha value is -1.84. The maximum absolute atomic E-state index is 4.33. The van der Waals surface area contributed by atoms with Crippen molar-refractivity contribution in [3.63, 3.8) is 0 Å². The van der Waals surface area contributed by atoms with Gasteiger partial charge in [0.1, 0.15) is 12.5 Å². The fraction of sp³-hybridized carbons (Fsp3) is 0.333. The number of nitrogens with zero attached hydrogens (tertiary/aromatic N) is 4. The molecule has 0 spiro atoms. The molecule has 0 unspecified atom stereocenters. The van der Waals surface area contributed by atoms with E-state index in [1.165, 1.54) is 0 Å². The summed E-state index contributed by atoms with van der Waals surface area (Å²) in [5, 5.41) is 4.33. The third-order valence-corrected chi connectivity index (χ3v) is 2.32. The molecule has 0 N–H and O–H groups in total. The van der Waals surface area contributed by atoms with Crippen LogP contribution in [0, 0.1) is 6.92 Å². The average Bonchev–Trinajstić information content (AvgIpc) is 2.30. The zero-order chi connectivity index (χ0) is 11.4. The van der Waals surface area contributed by atoms with E-state index in [9.17, 15) is 0 Å². The summed E-state index contributed by atoms with van der Waals surface area (Å²) in [7, 11) is 0. The Morgan fingerprint density at radius 3 is 2.81 bits per heavy atom. The van der Waals surface area contributed by atoms with Gasteiger partial charge < -0.3 is 0 Å². The van der Waals surface area contributed by atoms with Crippen LogP contribution in [0.4, 0.5) is 0 Å². The maximum atomic E-state index is 4.33. The van der Waals surface area contributed by atoms with Gasteiger partial charge in [-0.3, -0.25) is 0 Å². The lowest BCUT2D eigenvalue weighted by Crippen LogP contribution is -2.36. The molecule has 2 aromatic heterocycles. The molecule has 0 aliphatic heterocycles. The standard InChI is InChI=1S/C12H15N4/c1-3-5-16-6-4-11(8-15-16)12-7-10(2)13-9-14-12/h4,6-9H,3,5H2,1-2H3/q+1. The lowest BCUT2D eigenvalue weighted by atomic mass is 10.2. The summed E-state index contributed by atoms with van der Waals surface area (Å²) in [6.07, 6.45) is 6.50. The minimum absolute atomic E-state index is 0.920. The smallest absolute Gasteiger partial charge is 0.196 e. The zero-order valence-electron chi connectivity index (χ0n) is 9.59. The summed E-state index contributed by atoms with van der Waals surface area (Å²) < 4.78 is 1.93. The van der Waals surface area contributed by atoms with Crippen LogP contribution in [0.3, 0.4) is 0 Å². The minimum atomic E-state index is 0.920. The molecule has 4 heteroatoms. The molecule has 0 aliphatic carbocycles. The molecule has 0 radical (unpaired) electrons. The molecular formula is C12H15N4+. The highest BCUT2D eigenvalue weighted by Crippen LogP contribution is 2.13. The van der Waals surface area contributed by atoms with Crippen molar-refractivity contribution >= 4 is 0 Å². The number of aryl methyl sites for hydroxylation is 2. The van der Waals surface area contributed by atoms with Crippen LogP contribution in [-0.4, -0.2) is 15.1 Å². The minimum Gasteiger partial charge on any atom is -0.242 e. The number of rotatable bonds is 3. The van der Waals surface area contributed by atoms with Crippen LogP contribution < -0.4 is 4.68 Å². The van der Waals surface area contributed by atoms with Crippen molar-refractivity contribution < 1.29 is 4.68 Å². The van der Waals surface area contributed by atoms with E-state index in [1.54, 1.807) is 6.33 Å². The highest BCUT2D eigenvalue weighted by atomic mass is 15.2. The molecule has 2 aromatic rings. The van der Waals surface area contributed by atoms with E-state index >= 15 is 0 Å². The van der Waals surface area contributed by atoms with Crippen molar-refractivity contribution in [2.75, 3.05) is 0 Å². The highest BCUT2D eigenvalue weighted by molar-refractivity contribution is 5.56. The Balaban J connectivity index is 2.27. The first-order valence-corrected chi connectivity index (χ1v) is 5.44. The first-order chi connectivity index (χ1) is 7.79. The van der Waals surface area contributed by atoms with Gasteiger partial charge in [-0.25, -0.2) is 9.97 Å². The van der Waals surface area contributed by atoms with Crippen LogP contribution in [0.1, 0.15) is 19.0 Å². The summed E-state index contributed by atoms with van der Waals surface area (Å²) in [6.45, 7) is 5.04. The van der Waals surface area contributed by atoms with E-state index in [-0.39, 0.29) is 0 Å². The number of hydrogen-bond acceptors (Lipinski definition) is 3. The van der Waals surface area contributed by atoms with Crippen LogP contribution in [0.15, 0.2) is 30.9 Å². The summed E-state index contributed by atoms with van der Waals surface area (Å²) in [5.74, 6) is 0. The second kappa shape index (κ2) is 4.79. The molecule has 82 valence electrons. The largest absolute Gasteiger partial charge is 0.242 e. The summed E-state index contributed by atoms with van der Waals surface area (Å²) >= 11 is 0. The van der Waals surface area contributed by atoms with Gasteiger partial charge in [0.05, 0.1) is 5.69 Å². The molecule has 16 heavy (non-hydrogen) atoms. The zero-order valence-corrected chi connectivity index (χ0v) is 9.59. The first-order valence-electron chi connectivity index (χ1n) is 5.44. The van der Waals surface area contributed by atoms with Gasteiger partial charge in [0.25, 0.3) is 0 Å². The molecule has 0 fully saturated rings. The van der Waals surface area contributed by atoms with Crippen LogP contribution in [-0.2, 0) is 6.54 Å². The number of aromatic nitrogens is 4. The van der Waals surface area contributed by atoms with Crippen LogP contribution >= 0.6 is 0 Å². The molecular weight excluding hydrogens is 200 g/mol. The van der Waals surface area contributed by atoms with Gasteiger partial charge in [0.2, 0.25) is 0 Å². The summed E-state index contributed by atoms with van der Waals surface area (Å²) in [6, 6.07) is 3.99. The lowest BCUT2D eigenvalue weighted by molar-refractivity contribution is -0.753. The maximum Gasteiger partial charge on any atom is 0.196 e. The Morgan fingerprint density at radius 2 is 2.19 bits per heavy atom. The second-order valence-electron chi connectivity index (χ2n) is 3.72. The van der Waals surface area contributed by atoms with Gasteiger partial charge in [-0.15, -0.1) is 0 Å². The lowest BCUT2D eigenvalue weighted by Gasteiger charge is -1.99. The van der Waals surface area contributed by atoms with E-state index in [2.05, 4.69) is 22.0 Å². The molecule has 2 rings (SSSR count). The van der Waals surface area contributed by atoms with Crippen molar-refractivity contribution in [3.05, 3.63) is 36.5 Å². The molecule has 4 nitrogen and oxygen atoms in total. The van der Waals surface area contributed by atoms with Crippen molar-refractivity contribution in [1.82, 2.24) is 15.1 Å². The topological polar surface area (TPSA) is 42.5 Å². The van der Waals surface area contributed by atoms with Crippen molar-refractivity contribution in [2.24, 2.45) is 0 Å². The fourth-order valence-electron chi connectivity index (χ4n) is 1.51. The molecule has 0 bridgehead atoms. The SMILES string of the molecule is CCC[n+]1ccc(-c2cc(C)ncn2)cn1. The van der Waals surface area contributed by atoms with Crippen molar-refractivity contribution in [1.29, 1.82) is 0 Å². The molecule has 0 saturated heterocycles. The molecule has 0 aromatic carbocycles. The van der Waals surface area contributed by atoms with Crippen molar-refractivity contribution in [2.45, 2.75) is 26.8 Å². The van der Waals surface area contributed by atoms with E-state index in [0.717, 1.165) is 29.9 Å². The van der Waals surface area contributed by atoms with E-state index in [4.69, 9.17) is 0 Å². The normalized spacial score (nSPS) is 10.4. The Bertz CT molecular complexity index is 465. The van der Waals surface area contributed by atoms with E-state index < -0.39 is 0 Å². The molecule has 0 amide bonds. The highest BCUT2D eigenvalue weighted by Gasteiger charge is 2.04. The predicted molar refractivity (Wildman–Crippen MR) is 60.5 cm³/mol. The molecule has 0 atom stereocenters. The van der Waals surface area contributed by atoms with Gasteiger partial charge >= 0.3 is 0 Å². The van der Waals surface area contributed by atoms with Gasteiger partial charge in [-0.1, -0.05) is 11.6 Å². The molecule has 2 heterocycles. The van der Waals surface area contributed by atoms with Crippen LogP contribution in [0.2, 0.25) is 0 Å². The first kappa shape index (κ1) is 10.7. The summed E-state index contributed by atoms with van der Waals surface area (Å²) in [4.78, 5) is 8.30. The number of hydrogen-bond donors (Lipinski definition) is 0. The predicted octanol–water partition coefficient (Wildman–Crippen LogP) is 1.54. The third-order valence-electron chi connectivity index (χ3n) is 2.32. The Kier molecular flexibility index (Phi) is 3.19.